The van der Waals surface area contributed by atoms with Gasteiger partial charge in [0.15, 0.2) is 5.90 Å². The summed E-state index contributed by atoms with van der Waals surface area (Å²) in [5.74, 6) is 0.572. The highest BCUT2D eigenvalue weighted by atomic mass is 32.2. The highest BCUT2D eigenvalue weighted by Crippen LogP contribution is 2.25. The van der Waals surface area contributed by atoms with Crippen LogP contribution in [0.15, 0.2) is 34.2 Å². The molecular formula is C14H19NO4S. The second-order valence-electron chi connectivity index (χ2n) is 5.03. The van der Waals surface area contributed by atoms with E-state index in [9.17, 15) is 8.42 Å². The summed E-state index contributed by atoms with van der Waals surface area (Å²) in [5, 5.41) is 0. The van der Waals surface area contributed by atoms with Gasteiger partial charge in [0, 0.05) is 6.92 Å². The smallest absolute Gasteiger partial charge is 0.297 e. The maximum Gasteiger partial charge on any atom is 0.297 e. The number of ether oxygens (including phenoxy) is 1. The van der Waals surface area contributed by atoms with Crippen molar-refractivity contribution in [1.82, 2.24) is 0 Å². The third-order valence-electron chi connectivity index (χ3n) is 3.39. The molecule has 1 aliphatic heterocycles. The summed E-state index contributed by atoms with van der Waals surface area (Å²) in [6, 6.07) is 6.57. The van der Waals surface area contributed by atoms with Gasteiger partial charge in [-0.05, 0) is 25.5 Å². The van der Waals surface area contributed by atoms with E-state index >= 15 is 0 Å². The molecule has 0 spiro atoms. The predicted molar refractivity (Wildman–Crippen MR) is 76.4 cm³/mol. The van der Waals surface area contributed by atoms with Gasteiger partial charge < -0.3 is 4.74 Å². The first-order chi connectivity index (χ1) is 9.37. The van der Waals surface area contributed by atoms with Crippen LogP contribution in [-0.2, 0) is 19.0 Å². The third-order valence-corrected chi connectivity index (χ3v) is 4.67. The number of aryl methyl sites for hydroxylation is 1. The van der Waals surface area contributed by atoms with E-state index in [4.69, 9.17) is 8.92 Å². The molecule has 1 aromatic carbocycles. The highest BCUT2D eigenvalue weighted by molar-refractivity contribution is 7.86. The summed E-state index contributed by atoms with van der Waals surface area (Å²) in [5.41, 5.74) is 0.403. The van der Waals surface area contributed by atoms with Crippen molar-refractivity contribution in [2.75, 3.05) is 13.2 Å². The Kier molecular flexibility index (Phi) is 4.15. The second-order valence-corrected chi connectivity index (χ2v) is 6.64. The first-order valence-corrected chi connectivity index (χ1v) is 7.93. The highest BCUT2D eigenvalue weighted by Gasteiger charge is 2.36. The molecule has 110 valence electrons. The molecule has 0 saturated carbocycles. The van der Waals surface area contributed by atoms with E-state index in [2.05, 4.69) is 4.99 Å². The Morgan fingerprint density at radius 3 is 2.45 bits per heavy atom. The van der Waals surface area contributed by atoms with Crippen molar-refractivity contribution in [3.63, 3.8) is 0 Å². The zero-order valence-corrected chi connectivity index (χ0v) is 12.7. The van der Waals surface area contributed by atoms with Crippen LogP contribution in [0.1, 0.15) is 25.8 Å². The first-order valence-electron chi connectivity index (χ1n) is 6.52. The number of aliphatic imine (C=N–C) groups is 1. The average Bonchev–Trinajstić information content (AvgIpc) is 2.80. The minimum Gasteiger partial charge on any atom is -0.479 e. The molecule has 0 fully saturated rings. The molecule has 1 aliphatic rings. The van der Waals surface area contributed by atoms with E-state index < -0.39 is 15.7 Å². The molecule has 0 N–H and O–H groups in total. The quantitative estimate of drug-likeness (QED) is 0.782. The number of nitrogens with zero attached hydrogens (tertiary/aromatic N) is 1. The van der Waals surface area contributed by atoms with Gasteiger partial charge >= 0.3 is 0 Å². The van der Waals surface area contributed by atoms with Gasteiger partial charge in [-0.1, -0.05) is 24.6 Å². The van der Waals surface area contributed by atoms with Gasteiger partial charge in [-0.15, -0.1) is 0 Å². The Hall–Kier alpha value is -1.40. The predicted octanol–water partition coefficient (Wildman–Crippen LogP) is 2.30. The Balaban J connectivity index is 2.11. The van der Waals surface area contributed by atoms with Crippen molar-refractivity contribution in [1.29, 1.82) is 0 Å². The van der Waals surface area contributed by atoms with Gasteiger partial charge in [0.2, 0.25) is 0 Å². The molecule has 1 unspecified atom stereocenters. The van der Waals surface area contributed by atoms with E-state index in [-0.39, 0.29) is 11.5 Å². The molecule has 20 heavy (non-hydrogen) atoms. The molecule has 2 rings (SSSR count). The summed E-state index contributed by atoms with van der Waals surface area (Å²) in [4.78, 5) is 4.52. The lowest BCUT2D eigenvalue weighted by Crippen LogP contribution is -2.34. The fourth-order valence-electron chi connectivity index (χ4n) is 1.95. The summed E-state index contributed by atoms with van der Waals surface area (Å²) in [6.45, 7) is 5.95. The number of benzene rings is 1. The van der Waals surface area contributed by atoms with E-state index in [0.717, 1.165) is 5.56 Å². The minimum absolute atomic E-state index is 0.00293. The van der Waals surface area contributed by atoms with Crippen molar-refractivity contribution in [2.24, 2.45) is 4.99 Å². The van der Waals surface area contributed by atoms with Crippen molar-refractivity contribution < 1.29 is 17.3 Å². The molecule has 6 heteroatoms. The third kappa shape index (κ3) is 3.19. The average molecular weight is 297 g/mol. The Morgan fingerprint density at radius 2 is 1.95 bits per heavy atom. The van der Waals surface area contributed by atoms with Crippen molar-refractivity contribution in [2.45, 2.75) is 37.6 Å². The lowest BCUT2D eigenvalue weighted by molar-refractivity contribution is 0.172. The van der Waals surface area contributed by atoms with Crippen LogP contribution in [0.4, 0.5) is 0 Å². The van der Waals surface area contributed by atoms with Gasteiger partial charge in [-0.2, -0.15) is 8.42 Å². The molecule has 0 radical (unpaired) electrons. The monoisotopic (exact) mass is 297 g/mol. The van der Waals surface area contributed by atoms with Crippen LogP contribution < -0.4 is 0 Å². The lowest BCUT2D eigenvalue weighted by Gasteiger charge is -2.21. The summed E-state index contributed by atoms with van der Waals surface area (Å²) in [7, 11) is -3.76. The molecule has 0 saturated heterocycles. The maximum atomic E-state index is 12.1. The fourth-order valence-corrected chi connectivity index (χ4v) is 2.93. The van der Waals surface area contributed by atoms with E-state index in [0.29, 0.717) is 18.9 Å². The van der Waals surface area contributed by atoms with Gasteiger partial charge in [-0.3, -0.25) is 4.18 Å². The summed E-state index contributed by atoms with van der Waals surface area (Å²) in [6.07, 6.45) is 0.660. The van der Waals surface area contributed by atoms with Crippen LogP contribution >= 0.6 is 0 Å². The van der Waals surface area contributed by atoms with Crippen LogP contribution in [0.2, 0.25) is 0 Å². The topological polar surface area (TPSA) is 65.0 Å². The van der Waals surface area contributed by atoms with Gasteiger partial charge in [0.1, 0.15) is 12.1 Å². The maximum absolute atomic E-state index is 12.1. The molecule has 0 aromatic heterocycles. The van der Waals surface area contributed by atoms with Gasteiger partial charge in [-0.25, -0.2) is 4.99 Å². The lowest BCUT2D eigenvalue weighted by atomic mass is 10.0. The summed E-state index contributed by atoms with van der Waals surface area (Å²) >= 11 is 0. The normalized spacial score (nSPS) is 22.4. The van der Waals surface area contributed by atoms with E-state index in [1.54, 1.807) is 31.2 Å². The van der Waals surface area contributed by atoms with E-state index in [1.807, 2.05) is 13.8 Å². The molecule has 1 aromatic rings. The van der Waals surface area contributed by atoms with Crippen molar-refractivity contribution in [3.8, 4) is 0 Å². The number of hydrogen-bond acceptors (Lipinski definition) is 5. The van der Waals surface area contributed by atoms with Crippen LogP contribution in [0.25, 0.3) is 0 Å². The summed E-state index contributed by atoms with van der Waals surface area (Å²) < 4.78 is 34.7. The van der Waals surface area contributed by atoms with Crippen LogP contribution in [0.5, 0.6) is 0 Å². The van der Waals surface area contributed by atoms with Crippen LogP contribution in [0.3, 0.4) is 0 Å². The number of rotatable bonds is 5. The number of hydrogen-bond donors (Lipinski definition) is 0. The first kappa shape index (κ1) is 15.0. The fraction of sp³-hybridized carbons (Fsp3) is 0.500. The van der Waals surface area contributed by atoms with Crippen molar-refractivity contribution in [3.05, 3.63) is 29.8 Å². The Labute approximate surface area is 119 Å². The molecule has 0 bridgehead atoms. The molecule has 1 atom stereocenters. The molecule has 5 nitrogen and oxygen atoms in total. The Morgan fingerprint density at radius 1 is 1.30 bits per heavy atom. The molecule has 1 heterocycles. The second kappa shape index (κ2) is 5.54. The largest absolute Gasteiger partial charge is 0.479 e. The zero-order valence-electron chi connectivity index (χ0n) is 11.9. The van der Waals surface area contributed by atoms with Crippen molar-refractivity contribution >= 4 is 16.0 Å². The van der Waals surface area contributed by atoms with Crippen LogP contribution in [-0.4, -0.2) is 33.1 Å². The molecular weight excluding hydrogens is 278 g/mol. The van der Waals surface area contributed by atoms with Crippen LogP contribution in [0, 0.1) is 6.92 Å². The standard InChI is InChI=1S/C14H19NO4S/c1-4-14(9-18-12(3)15-14)10-19-20(16,17)13-7-5-11(2)6-8-13/h5-8H,4,9-10H2,1-3H3. The molecule has 0 amide bonds. The zero-order chi connectivity index (χ0) is 14.8. The minimum atomic E-state index is -3.76. The van der Waals surface area contributed by atoms with E-state index in [1.165, 1.54) is 0 Å². The van der Waals surface area contributed by atoms with Gasteiger partial charge in [0.05, 0.1) is 11.5 Å². The molecule has 0 aliphatic carbocycles. The van der Waals surface area contributed by atoms with Gasteiger partial charge in [0.25, 0.3) is 10.1 Å². The SMILES string of the molecule is CCC1(COS(=O)(=O)c2ccc(C)cc2)COC(C)=N1. The Bertz CT molecular complexity index is 607.